The van der Waals surface area contributed by atoms with Crippen LogP contribution in [0.2, 0.25) is 0 Å². The van der Waals surface area contributed by atoms with Crippen molar-refractivity contribution in [1.29, 1.82) is 5.26 Å². The van der Waals surface area contributed by atoms with Gasteiger partial charge in [-0.25, -0.2) is 0 Å². The molecular formula is C12H15NO. The molecule has 0 spiro atoms. The van der Waals surface area contributed by atoms with Gasteiger partial charge in [0.1, 0.15) is 5.75 Å². The average Bonchev–Trinajstić information content (AvgIpc) is 2.21. The summed E-state index contributed by atoms with van der Waals surface area (Å²) in [5.41, 5.74) is 0.978. The third kappa shape index (κ3) is 3.10. The van der Waals surface area contributed by atoms with Gasteiger partial charge in [0, 0.05) is 5.56 Å². The number of unbranched alkanes of at least 4 members (excludes halogenated alkanes) is 1. The Kier molecular flexibility index (Phi) is 4.57. The molecule has 0 aliphatic carbocycles. The number of hydrogen-bond donors (Lipinski definition) is 0. The molecule has 0 aliphatic rings. The molecule has 2 heteroatoms. The molecule has 0 aromatic heterocycles. The van der Waals surface area contributed by atoms with Crippen LogP contribution in [-0.2, 0) is 6.42 Å². The molecule has 0 bridgehead atoms. The smallest absolute Gasteiger partial charge is 0.123 e. The van der Waals surface area contributed by atoms with E-state index in [4.69, 9.17) is 10.00 Å². The van der Waals surface area contributed by atoms with Crippen molar-refractivity contribution in [1.82, 2.24) is 0 Å². The molecule has 0 amide bonds. The minimum Gasteiger partial charge on any atom is -0.493 e. The summed E-state index contributed by atoms with van der Waals surface area (Å²) in [5.74, 6) is 0.850. The predicted molar refractivity (Wildman–Crippen MR) is 56.2 cm³/mol. The van der Waals surface area contributed by atoms with Crippen LogP contribution in [0.5, 0.6) is 5.75 Å². The normalized spacial score (nSPS) is 9.43. The van der Waals surface area contributed by atoms with E-state index in [-0.39, 0.29) is 0 Å². The van der Waals surface area contributed by atoms with Gasteiger partial charge in [0.25, 0.3) is 0 Å². The average molecular weight is 189 g/mol. The van der Waals surface area contributed by atoms with Gasteiger partial charge in [-0.3, -0.25) is 0 Å². The molecule has 0 saturated carbocycles. The Morgan fingerprint density at radius 2 is 2.14 bits per heavy atom. The Bertz CT molecular complexity index is 314. The van der Waals surface area contributed by atoms with Crippen molar-refractivity contribution in [3.63, 3.8) is 0 Å². The lowest BCUT2D eigenvalue weighted by Crippen LogP contribution is -1.99. The summed E-state index contributed by atoms with van der Waals surface area (Å²) in [6.07, 6.45) is 2.60. The largest absolute Gasteiger partial charge is 0.493 e. The van der Waals surface area contributed by atoms with Crippen molar-refractivity contribution < 1.29 is 4.74 Å². The van der Waals surface area contributed by atoms with Gasteiger partial charge in [-0.05, 0) is 12.5 Å². The molecule has 1 rings (SSSR count). The number of benzene rings is 1. The van der Waals surface area contributed by atoms with E-state index >= 15 is 0 Å². The topological polar surface area (TPSA) is 33.0 Å². The van der Waals surface area contributed by atoms with E-state index in [1.807, 2.05) is 24.3 Å². The molecular weight excluding hydrogens is 174 g/mol. The molecule has 0 unspecified atom stereocenters. The fraction of sp³-hybridized carbons (Fsp3) is 0.417. The highest BCUT2D eigenvalue weighted by molar-refractivity contribution is 5.35. The molecule has 0 fully saturated rings. The zero-order valence-electron chi connectivity index (χ0n) is 8.49. The second kappa shape index (κ2) is 6.04. The van der Waals surface area contributed by atoms with Crippen molar-refractivity contribution in [2.24, 2.45) is 0 Å². The summed E-state index contributed by atoms with van der Waals surface area (Å²) in [5, 5.41) is 8.61. The number of hydrogen-bond acceptors (Lipinski definition) is 2. The first-order valence-corrected chi connectivity index (χ1v) is 4.96. The maximum atomic E-state index is 8.61. The first-order chi connectivity index (χ1) is 6.88. The molecule has 0 heterocycles. The third-order valence-electron chi connectivity index (χ3n) is 2.00. The van der Waals surface area contributed by atoms with E-state index in [1.165, 1.54) is 0 Å². The third-order valence-corrected chi connectivity index (χ3v) is 2.00. The number of nitriles is 1. The van der Waals surface area contributed by atoms with Gasteiger partial charge in [0.15, 0.2) is 0 Å². The van der Waals surface area contributed by atoms with Crippen molar-refractivity contribution in [3.8, 4) is 11.8 Å². The van der Waals surface area contributed by atoms with Gasteiger partial charge in [-0.1, -0.05) is 31.5 Å². The van der Waals surface area contributed by atoms with E-state index in [2.05, 4.69) is 13.0 Å². The van der Waals surface area contributed by atoms with Crippen LogP contribution < -0.4 is 4.74 Å². The Labute approximate surface area is 85.1 Å². The van der Waals surface area contributed by atoms with Crippen molar-refractivity contribution in [2.75, 3.05) is 6.61 Å². The van der Waals surface area contributed by atoms with Gasteiger partial charge < -0.3 is 4.74 Å². The zero-order chi connectivity index (χ0) is 10.2. The monoisotopic (exact) mass is 189 g/mol. The SMILES string of the molecule is CCCCOc1ccccc1CC#N. The molecule has 0 atom stereocenters. The number of rotatable bonds is 5. The Morgan fingerprint density at radius 1 is 1.36 bits per heavy atom. The Hall–Kier alpha value is -1.49. The molecule has 0 radical (unpaired) electrons. The van der Waals surface area contributed by atoms with Crippen molar-refractivity contribution >= 4 is 0 Å². The van der Waals surface area contributed by atoms with Gasteiger partial charge >= 0.3 is 0 Å². The highest BCUT2D eigenvalue weighted by atomic mass is 16.5. The number of para-hydroxylation sites is 1. The summed E-state index contributed by atoms with van der Waals surface area (Å²) in [6, 6.07) is 9.85. The predicted octanol–water partition coefficient (Wildman–Crippen LogP) is 2.93. The van der Waals surface area contributed by atoms with E-state index in [9.17, 15) is 0 Å². The minimum atomic E-state index is 0.419. The summed E-state index contributed by atoms with van der Waals surface area (Å²) in [6.45, 7) is 2.86. The number of nitrogens with zero attached hydrogens (tertiary/aromatic N) is 1. The lowest BCUT2D eigenvalue weighted by Gasteiger charge is -2.08. The van der Waals surface area contributed by atoms with Crippen LogP contribution in [0.1, 0.15) is 25.3 Å². The van der Waals surface area contributed by atoms with E-state index in [1.54, 1.807) is 0 Å². The Balaban J connectivity index is 2.60. The van der Waals surface area contributed by atoms with Crippen molar-refractivity contribution in [3.05, 3.63) is 29.8 Å². The highest BCUT2D eigenvalue weighted by Crippen LogP contribution is 2.18. The lowest BCUT2D eigenvalue weighted by molar-refractivity contribution is 0.307. The second-order valence-electron chi connectivity index (χ2n) is 3.14. The maximum absolute atomic E-state index is 8.61. The van der Waals surface area contributed by atoms with Gasteiger partial charge in [0.2, 0.25) is 0 Å². The van der Waals surface area contributed by atoms with Crippen LogP contribution in [0.15, 0.2) is 24.3 Å². The number of ether oxygens (including phenoxy) is 1. The minimum absolute atomic E-state index is 0.419. The zero-order valence-corrected chi connectivity index (χ0v) is 8.49. The highest BCUT2D eigenvalue weighted by Gasteiger charge is 2.00. The molecule has 1 aromatic carbocycles. The molecule has 0 aliphatic heterocycles. The van der Waals surface area contributed by atoms with Gasteiger partial charge in [0.05, 0.1) is 19.1 Å². The van der Waals surface area contributed by atoms with E-state index < -0.39 is 0 Å². The molecule has 74 valence electrons. The van der Waals surface area contributed by atoms with Crippen molar-refractivity contribution in [2.45, 2.75) is 26.2 Å². The molecule has 0 saturated heterocycles. The first kappa shape index (κ1) is 10.6. The first-order valence-electron chi connectivity index (χ1n) is 4.96. The molecule has 2 nitrogen and oxygen atoms in total. The fourth-order valence-corrected chi connectivity index (χ4v) is 1.20. The maximum Gasteiger partial charge on any atom is 0.123 e. The quantitative estimate of drug-likeness (QED) is 0.667. The summed E-state index contributed by atoms with van der Waals surface area (Å²) in [7, 11) is 0. The van der Waals surface area contributed by atoms with Crippen LogP contribution in [0.4, 0.5) is 0 Å². The van der Waals surface area contributed by atoms with Crippen LogP contribution in [0, 0.1) is 11.3 Å². The second-order valence-corrected chi connectivity index (χ2v) is 3.14. The van der Waals surface area contributed by atoms with Crippen LogP contribution in [0.3, 0.4) is 0 Å². The Morgan fingerprint density at radius 3 is 2.86 bits per heavy atom. The lowest BCUT2D eigenvalue weighted by atomic mass is 10.1. The van der Waals surface area contributed by atoms with Gasteiger partial charge in [-0.2, -0.15) is 5.26 Å². The van der Waals surface area contributed by atoms with Crippen LogP contribution in [-0.4, -0.2) is 6.61 Å². The van der Waals surface area contributed by atoms with E-state index in [0.29, 0.717) is 6.42 Å². The van der Waals surface area contributed by atoms with Crippen LogP contribution in [0.25, 0.3) is 0 Å². The fourth-order valence-electron chi connectivity index (χ4n) is 1.20. The standard InChI is InChI=1S/C12H15NO/c1-2-3-10-14-12-7-5-4-6-11(12)8-9-13/h4-7H,2-3,8,10H2,1H3. The summed E-state index contributed by atoms with van der Waals surface area (Å²) >= 11 is 0. The summed E-state index contributed by atoms with van der Waals surface area (Å²) < 4.78 is 5.58. The van der Waals surface area contributed by atoms with Crippen LogP contribution >= 0.6 is 0 Å². The molecule has 0 N–H and O–H groups in total. The van der Waals surface area contributed by atoms with Gasteiger partial charge in [-0.15, -0.1) is 0 Å². The summed E-state index contributed by atoms with van der Waals surface area (Å²) in [4.78, 5) is 0. The van der Waals surface area contributed by atoms with E-state index in [0.717, 1.165) is 30.8 Å². The molecule has 1 aromatic rings. The molecule has 14 heavy (non-hydrogen) atoms.